The Morgan fingerprint density at radius 2 is 2.27 bits per heavy atom. The average molecular weight is 199 g/mol. The van der Waals surface area contributed by atoms with Gasteiger partial charge in [0.05, 0.1) is 5.49 Å². The second kappa shape index (κ2) is 4.40. The predicted molar refractivity (Wildman–Crippen MR) is 39.8 cm³/mol. The first-order chi connectivity index (χ1) is 4.95. The maximum absolute atomic E-state index is 10.4. The molecular weight excluding hydrogens is 193 g/mol. The number of nitrogens with one attached hydrogen (secondary N) is 1. The van der Waals surface area contributed by atoms with Crippen LogP contribution in [0.5, 0.6) is 0 Å². The molecule has 0 fully saturated rings. The van der Waals surface area contributed by atoms with Gasteiger partial charge in [-0.2, -0.15) is 0 Å². The summed E-state index contributed by atoms with van der Waals surface area (Å²) in [4.78, 5) is 26.6. The number of hydrogen-bond acceptors (Lipinski definition) is 4. The zero-order chi connectivity index (χ0) is 8.91. The maximum Gasteiger partial charge on any atom is 0.527 e. The van der Waals surface area contributed by atoms with Crippen molar-refractivity contribution in [2.75, 3.05) is 6.54 Å². The summed E-state index contributed by atoms with van der Waals surface area (Å²) < 4.78 is 13.6. The molecule has 8 heteroatoms. The third-order valence-corrected chi connectivity index (χ3v) is 1.16. The van der Waals surface area contributed by atoms with Crippen LogP contribution >= 0.6 is 20.0 Å². The molecule has 11 heavy (non-hydrogen) atoms. The zero-order valence-electron chi connectivity index (χ0n) is 5.26. The van der Waals surface area contributed by atoms with Crippen molar-refractivity contribution in [3.05, 3.63) is 0 Å². The van der Waals surface area contributed by atoms with Gasteiger partial charge < -0.3 is 9.84 Å². The molecule has 0 spiro atoms. The van der Waals surface area contributed by atoms with Gasteiger partial charge in [-0.1, -0.05) is 12.2 Å². The first-order valence-corrected chi connectivity index (χ1v) is 4.41. The third kappa shape index (κ3) is 7.41. The fourth-order valence-electron chi connectivity index (χ4n) is 0.290. The van der Waals surface area contributed by atoms with E-state index in [4.69, 9.17) is 9.79 Å². The normalized spacial score (nSPS) is 10.4. The molecule has 0 aromatic heterocycles. The van der Waals surface area contributed by atoms with Gasteiger partial charge in [-0.3, -0.25) is 9.79 Å². The van der Waals surface area contributed by atoms with Crippen molar-refractivity contribution in [2.45, 2.75) is 0 Å². The van der Waals surface area contributed by atoms with Crippen molar-refractivity contribution >= 4 is 31.5 Å². The molecule has 0 rings (SSSR count). The molecule has 3 N–H and O–H groups in total. The second-order valence-electron chi connectivity index (χ2n) is 1.45. The van der Waals surface area contributed by atoms with Crippen molar-refractivity contribution in [3.63, 3.8) is 0 Å². The number of phosphoric ester groups is 1. The summed E-state index contributed by atoms with van der Waals surface area (Å²) in [6, 6.07) is 0. The van der Waals surface area contributed by atoms with Crippen LogP contribution in [0.15, 0.2) is 0 Å². The Bertz CT molecular complexity index is 200. The van der Waals surface area contributed by atoms with Crippen LogP contribution in [0.1, 0.15) is 0 Å². The summed E-state index contributed by atoms with van der Waals surface area (Å²) in [7, 11) is -4.70. The highest BCUT2D eigenvalue weighted by atomic mass is 32.1. The zero-order valence-corrected chi connectivity index (χ0v) is 6.97. The molecular formula is C3H6NO5PS. The minimum Gasteiger partial charge on any atom is -0.372 e. The Morgan fingerprint density at radius 3 is 2.64 bits per heavy atom. The molecule has 0 amide bonds. The van der Waals surface area contributed by atoms with Gasteiger partial charge in [-0.15, -0.1) is 0 Å². The van der Waals surface area contributed by atoms with Crippen LogP contribution in [0.2, 0.25) is 0 Å². The predicted octanol–water partition coefficient (Wildman–Crippen LogP) is -0.831. The fourth-order valence-corrected chi connectivity index (χ4v) is 0.703. The van der Waals surface area contributed by atoms with Gasteiger partial charge in [0.25, 0.3) is 0 Å². The number of thiocarbonyl (C=S) groups is 1. The Kier molecular flexibility index (Phi) is 4.20. The van der Waals surface area contributed by atoms with Crippen LogP contribution in [0, 0.1) is 0 Å². The minimum atomic E-state index is -4.70. The SMILES string of the molecule is O=C(CNC=S)OP(=O)(O)O. The van der Waals surface area contributed by atoms with Crippen LogP contribution in [-0.2, 0) is 13.9 Å². The largest absolute Gasteiger partial charge is 0.527 e. The van der Waals surface area contributed by atoms with Gasteiger partial charge in [0.1, 0.15) is 6.54 Å². The number of carbonyl (C=O) groups excluding carboxylic acids is 1. The van der Waals surface area contributed by atoms with E-state index < -0.39 is 13.8 Å². The quantitative estimate of drug-likeness (QED) is 0.401. The molecule has 0 bridgehead atoms. The summed E-state index contributed by atoms with van der Waals surface area (Å²) in [6.45, 7) is -0.353. The van der Waals surface area contributed by atoms with Crippen molar-refractivity contribution in [2.24, 2.45) is 0 Å². The Hall–Kier alpha value is -0.490. The molecule has 0 unspecified atom stereocenters. The van der Waals surface area contributed by atoms with E-state index in [-0.39, 0.29) is 6.54 Å². The molecule has 6 nitrogen and oxygen atoms in total. The molecule has 0 atom stereocenters. The van der Waals surface area contributed by atoms with Crippen LogP contribution in [0.4, 0.5) is 0 Å². The number of carbonyl (C=O) groups is 1. The maximum atomic E-state index is 10.4. The number of phosphoric acid groups is 1. The standard InChI is InChI=1S/C3H6NO5PS/c5-3(1-4-2-11)9-10(6,7)8/h2H,1H2,(H,4,11)(H2,6,7,8). The van der Waals surface area contributed by atoms with Gasteiger partial charge in [-0.05, 0) is 0 Å². The lowest BCUT2D eigenvalue weighted by Gasteiger charge is -2.03. The van der Waals surface area contributed by atoms with Crippen molar-refractivity contribution < 1.29 is 23.7 Å². The van der Waals surface area contributed by atoms with E-state index in [0.717, 1.165) is 5.49 Å². The lowest BCUT2D eigenvalue weighted by Crippen LogP contribution is -2.21. The second-order valence-corrected chi connectivity index (χ2v) is 2.85. The highest BCUT2D eigenvalue weighted by Crippen LogP contribution is 2.35. The van der Waals surface area contributed by atoms with Gasteiger partial charge >= 0.3 is 13.8 Å². The summed E-state index contributed by atoms with van der Waals surface area (Å²) in [5, 5.41) is 2.24. The first kappa shape index (κ1) is 10.5. The lowest BCUT2D eigenvalue weighted by atomic mass is 10.7. The molecule has 0 saturated heterocycles. The third-order valence-electron chi connectivity index (χ3n) is 0.550. The summed E-state index contributed by atoms with van der Waals surface area (Å²) >= 11 is 4.27. The van der Waals surface area contributed by atoms with E-state index in [1.165, 1.54) is 0 Å². The molecule has 0 heterocycles. The monoisotopic (exact) mass is 199 g/mol. The molecule has 0 radical (unpaired) electrons. The summed E-state index contributed by atoms with van der Waals surface area (Å²) in [5.74, 6) is -1.06. The van der Waals surface area contributed by atoms with E-state index in [1.54, 1.807) is 0 Å². The van der Waals surface area contributed by atoms with Crippen molar-refractivity contribution in [1.82, 2.24) is 5.32 Å². The molecule has 0 aliphatic rings. The molecule has 0 aliphatic heterocycles. The van der Waals surface area contributed by atoms with Crippen LogP contribution in [0.25, 0.3) is 0 Å². The van der Waals surface area contributed by atoms with E-state index >= 15 is 0 Å². The van der Waals surface area contributed by atoms with Crippen molar-refractivity contribution in [1.29, 1.82) is 0 Å². The first-order valence-electron chi connectivity index (χ1n) is 2.40. The van der Waals surface area contributed by atoms with E-state index in [1.807, 2.05) is 0 Å². The Balaban J connectivity index is 3.70. The minimum absolute atomic E-state index is 0.353. The highest BCUT2D eigenvalue weighted by molar-refractivity contribution is 7.78. The van der Waals surface area contributed by atoms with Gasteiger partial charge in [0.2, 0.25) is 0 Å². The lowest BCUT2D eigenvalue weighted by molar-refractivity contribution is -0.134. The average Bonchev–Trinajstić information content (AvgIpc) is 1.79. The smallest absolute Gasteiger partial charge is 0.372 e. The van der Waals surface area contributed by atoms with E-state index in [9.17, 15) is 9.36 Å². The van der Waals surface area contributed by atoms with Gasteiger partial charge in [-0.25, -0.2) is 9.36 Å². The van der Waals surface area contributed by atoms with Crippen LogP contribution in [0.3, 0.4) is 0 Å². The van der Waals surface area contributed by atoms with Crippen LogP contribution < -0.4 is 5.32 Å². The number of hydrogen-bond donors (Lipinski definition) is 3. The molecule has 0 saturated carbocycles. The molecule has 0 aromatic carbocycles. The summed E-state index contributed by atoms with van der Waals surface area (Å²) in [6.07, 6.45) is 0. The van der Waals surface area contributed by atoms with Gasteiger partial charge in [0, 0.05) is 0 Å². The Labute approximate surface area is 67.8 Å². The highest BCUT2D eigenvalue weighted by Gasteiger charge is 2.19. The van der Waals surface area contributed by atoms with Crippen molar-refractivity contribution in [3.8, 4) is 0 Å². The molecule has 64 valence electrons. The van der Waals surface area contributed by atoms with Crippen LogP contribution in [-0.4, -0.2) is 27.8 Å². The Morgan fingerprint density at radius 1 is 1.73 bits per heavy atom. The topological polar surface area (TPSA) is 95.9 Å². The molecule has 0 aromatic rings. The van der Waals surface area contributed by atoms with E-state index in [0.29, 0.717) is 0 Å². The fraction of sp³-hybridized carbons (Fsp3) is 0.333. The number of rotatable bonds is 4. The van der Waals surface area contributed by atoms with Gasteiger partial charge in [0.15, 0.2) is 0 Å². The molecule has 0 aliphatic carbocycles. The van der Waals surface area contributed by atoms with E-state index in [2.05, 4.69) is 22.1 Å². The summed E-state index contributed by atoms with van der Waals surface area (Å²) in [5.41, 5.74) is 1.04.